The van der Waals surface area contributed by atoms with Gasteiger partial charge >= 0.3 is 0 Å². The molecule has 1 N–H and O–H groups in total. The zero-order valence-corrected chi connectivity index (χ0v) is 13.6. The summed E-state index contributed by atoms with van der Waals surface area (Å²) in [7, 11) is 6.47. The first-order chi connectivity index (χ1) is 9.63. The van der Waals surface area contributed by atoms with Gasteiger partial charge in [0.05, 0.1) is 0 Å². The van der Waals surface area contributed by atoms with Gasteiger partial charge in [0.2, 0.25) is 0 Å². The van der Waals surface area contributed by atoms with Crippen LogP contribution in [-0.4, -0.2) is 57.1 Å². The van der Waals surface area contributed by atoms with E-state index < -0.39 is 0 Å². The molecule has 0 saturated heterocycles. The lowest BCUT2D eigenvalue weighted by Gasteiger charge is -2.24. The van der Waals surface area contributed by atoms with Crippen LogP contribution in [0.4, 0.5) is 0 Å². The quantitative estimate of drug-likeness (QED) is 0.709. The number of nitrogens with one attached hydrogen (secondary N) is 1. The Labute approximate surface area is 125 Å². The van der Waals surface area contributed by atoms with Crippen molar-refractivity contribution in [3.63, 3.8) is 0 Å². The van der Waals surface area contributed by atoms with E-state index in [2.05, 4.69) is 73.5 Å². The molecule has 0 aromatic heterocycles. The molecule has 0 amide bonds. The van der Waals surface area contributed by atoms with Gasteiger partial charge in [-0.3, -0.25) is 0 Å². The van der Waals surface area contributed by atoms with Crippen LogP contribution in [0.5, 0.6) is 0 Å². The predicted molar refractivity (Wildman–Crippen MR) is 88.1 cm³/mol. The van der Waals surface area contributed by atoms with Crippen LogP contribution in [0.25, 0.3) is 0 Å². The summed E-state index contributed by atoms with van der Waals surface area (Å²) in [5.41, 5.74) is 1.40. The molecule has 0 aliphatic heterocycles. The van der Waals surface area contributed by atoms with Crippen molar-refractivity contribution in [3.05, 3.63) is 35.9 Å². The normalized spacial score (nSPS) is 13.1. The van der Waals surface area contributed by atoms with Gasteiger partial charge in [0.15, 0.2) is 0 Å². The van der Waals surface area contributed by atoms with E-state index in [-0.39, 0.29) is 0 Å². The molecule has 20 heavy (non-hydrogen) atoms. The van der Waals surface area contributed by atoms with Gasteiger partial charge in [-0.15, -0.1) is 0 Å². The van der Waals surface area contributed by atoms with Crippen molar-refractivity contribution in [1.29, 1.82) is 0 Å². The number of hydrogen-bond donors (Lipinski definition) is 1. The maximum absolute atomic E-state index is 3.67. The maximum Gasteiger partial charge on any atom is 0.0332 e. The van der Waals surface area contributed by atoms with Crippen LogP contribution in [0.3, 0.4) is 0 Å². The molecular weight excluding hydrogens is 246 g/mol. The zero-order chi connectivity index (χ0) is 14.8. The third-order valence-electron chi connectivity index (χ3n) is 3.57. The van der Waals surface area contributed by atoms with Crippen LogP contribution in [0.1, 0.15) is 31.4 Å². The lowest BCUT2D eigenvalue weighted by molar-refractivity contribution is 0.268. The summed E-state index contributed by atoms with van der Waals surface area (Å²) in [6, 6.07) is 11.3. The zero-order valence-electron chi connectivity index (χ0n) is 13.6. The molecule has 1 rings (SSSR count). The van der Waals surface area contributed by atoms with Crippen LogP contribution in [0, 0.1) is 0 Å². The molecule has 1 atom stereocenters. The Morgan fingerprint density at radius 1 is 1.00 bits per heavy atom. The highest BCUT2D eigenvalue weighted by Gasteiger charge is 2.11. The summed E-state index contributed by atoms with van der Waals surface area (Å²) < 4.78 is 0. The van der Waals surface area contributed by atoms with E-state index in [1.165, 1.54) is 12.0 Å². The van der Waals surface area contributed by atoms with Crippen molar-refractivity contribution in [2.24, 2.45) is 0 Å². The summed E-state index contributed by atoms with van der Waals surface area (Å²) in [6.45, 7) is 6.68. The van der Waals surface area contributed by atoms with Crippen LogP contribution in [0.15, 0.2) is 30.3 Å². The van der Waals surface area contributed by atoms with E-state index in [1.807, 2.05) is 0 Å². The lowest BCUT2D eigenvalue weighted by Crippen LogP contribution is -2.32. The Morgan fingerprint density at radius 2 is 1.70 bits per heavy atom. The Hall–Kier alpha value is -0.900. The van der Waals surface area contributed by atoms with Gasteiger partial charge in [-0.25, -0.2) is 0 Å². The molecule has 0 spiro atoms. The molecule has 0 saturated carbocycles. The van der Waals surface area contributed by atoms with Gasteiger partial charge in [0.25, 0.3) is 0 Å². The van der Waals surface area contributed by atoms with Crippen molar-refractivity contribution in [2.75, 3.05) is 47.3 Å². The molecule has 3 heteroatoms. The second kappa shape index (κ2) is 9.92. The van der Waals surface area contributed by atoms with E-state index in [9.17, 15) is 0 Å². The second-order valence-electron chi connectivity index (χ2n) is 5.81. The standard InChI is InChI=1S/C17H31N3/c1-5-12-18-17(16-9-7-6-8-10-16)11-13-20(4)15-14-19(2)3/h6-10,17-18H,5,11-15H2,1-4H3. The Kier molecular flexibility index (Phi) is 8.51. The maximum atomic E-state index is 3.67. The summed E-state index contributed by atoms with van der Waals surface area (Å²) in [4.78, 5) is 4.66. The molecule has 0 bridgehead atoms. The third kappa shape index (κ3) is 7.04. The first-order valence-corrected chi connectivity index (χ1v) is 7.75. The highest BCUT2D eigenvalue weighted by atomic mass is 15.1. The summed E-state index contributed by atoms with van der Waals surface area (Å²) in [5, 5.41) is 3.67. The molecule has 1 aromatic carbocycles. The summed E-state index contributed by atoms with van der Waals surface area (Å²) in [6.07, 6.45) is 2.34. The molecule has 3 nitrogen and oxygen atoms in total. The fraction of sp³-hybridized carbons (Fsp3) is 0.647. The Balaban J connectivity index is 2.45. The molecule has 0 radical (unpaired) electrons. The van der Waals surface area contributed by atoms with E-state index in [0.29, 0.717) is 6.04 Å². The Bertz CT molecular complexity index is 337. The largest absolute Gasteiger partial charge is 0.310 e. The van der Waals surface area contributed by atoms with E-state index in [4.69, 9.17) is 0 Å². The van der Waals surface area contributed by atoms with Crippen LogP contribution in [-0.2, 0) is 0 Å². The second-order valence-corrected chi connectivity index (χ2v) is 5.81. The minimum atomic E-state index is 0.470. The predicted octanol–water partition coefficient (Wildman–Crippen LogP) is 2.61. The summed E-state index contributed by atoms with van der Waals surface area (Å²) >= 11 is 0. The average Bonchev–Trinajstić information content (AvgIpc) is 2.46. The van der Waals surface area contributed by atoms with Gasteiger partial charge < -0.3 is 15.1 Å². The molecule has 1 unspecified atom stereocenters. The summed E-state index contributed by atoms with van der Waals surface area (Å²) in [5.74, 6) is 0. The van der Waals surface area contributed by atoms with Gasteiger partial charge in [-0.2, -0.15) is 0 Å². The molecule has 0 aliphatic carbocycles. The van der Waals surface area contributed by atoms with Crippen LogP contribution in [0.2, 0.25) is 0 Å². The third-order valence-corrected chi connectivity index (χ3v) is 3.57. The fourth-order valence-electron chi connectivity index (χ4n) is 2.22. The molecule has 1 aromatic rings. The van der Waals surface area contributed by atoms with Gasteiger partial charge in [-0.1, -0.05) is 37.3 Å². The van der Waals surface area contributed by atoms with Crippen molar-refractivity contribution in [3.8, 4) is 0 Å². The highest BCUT2D eigenvalue weighted by Crippen LogP contribution is 2.16. The van der Waals surface area contributed by atoms with Crippen molar-refractivity contribution in [2.45, 2.75) is 25.8 Å². The number of likely N-dealkylation sites (N-methyl/N-ethyl adjacent to an activating group) is 2. The molecule has 0 aliphatic rings. The molecule has 0 fully saturated rings. The van der Waals surface area contributed by atoms with Crippen molar-refractivity contribution >= 4 is 0 Å². The van der Waals surface area contributed by atoms with Crippen molar-refractivity contribution < 1.29 is 0 Å². The van der Waals surface area contributed by atoms with Crippen molar-refractivity contribution in [1.82, 2.24) is 15.1 Å². The minimum absolute atomic E-state index is 0.470. The number of rotatable bonds is 10. The van der Waals surface area contributed by atoms with Gasteiger partial charge in [0, 0.05) is 19.1 Å². The molecular formula is C17H31N3. The van der Waals surface area contributed by atoms with Crippen LogP contribution >= 0.6 is 0 Å². The number of benzene rings is 1. The van der Waals surface area contributed by atoms with E-state index in [1.54, 1.807) is 0 Å². The smallest absolute Gasteiger partial charge is 0.0332 e. The average molecular weight is 277 g/mol. The topological polar surface area (TPSA) is 18.5 Å². The lowest BCUT2D eigenvalue weighted by atomic mass is 10.0. The highest BCUT2D eigenvalue weighted by molar-refractivity contribution is 5.18. The van der Waals surface area contributed by atoms with Gasteiger partial charge in [-0.05, 0) is 52.6 Å². The first-order valence-electron chi connectivity index (χ1n) is 7.75. The van der Waals surface area contributed by atoms with Gasteiger partial charge in [0.1, 0.15) is 0 Å². The SMILES string of the molecule is CCCNC(CCN(C)CCN(C)C)c1ccccc1. The van der Waals surface area contributed by atoms with E-state index >= 15 is 0 Å². The minimum Gasteiger partial charge on any atom is -0.310 e. The van der Waals surface area contributed by atoms with E-state index in [0.717, 1.165) is 32.6 Å². The fourth-order valence-corrected chi connectivity index (χ4v) is 2.22. The number of nitrogens with zero attached hydrogens (tertiary/aromatic N) is 2. The van der Waals surface area contributed by atoms with Crippen LogP contribution < -0.4 is 5.32 Å². The Morgan fingerprint density at radius 3 is 2.30 bits per heavy atom. The monoisotopic (exact) mass is 277 g/mol. The molecule has 0 heterocycles. The first kappa shape index (κ1) is 17.2. The number of hydrogen-bond acceptors (Lipinski definition) is 3. The molecule has 114 valence electrons.